The molecule has 3 rings (SSSR count). The van der Waals surface area contributed by atoms with Crippen LogP contribution in [0, 0.1) is 5.82 Å². The second-order valence-electron chi connectivity index (χ2n) is 3.92. The van der Waals surface area contributed by atoms with Crippen LogP contribution in [-0.4, -0.2) is 14.7 Å². The van der Waals surface area contributed by atoms with Crippen molar-refractivity contribution in [3.8, 4) is 11.4 Å². The highest BCUT2D eigenvalue weighted by molar-refractivity contribution is 5.78. The van der Waals surface area contributed by atoms with Crippen molar-refractivity contribution in [2.75, 3.05) is 0 Å². The molecule has 18 heavy (non-hydrogen) atoms. The van der Waals surface area contributed by atoms with Gasteiger partial charge in [-0.25, -0.2) is 9.18 Å². The molecule has 0 bridgehead atoms. The van der Waals surface area contributed by atoms with Gasteiger partial charge in [0.05, 0.1) is 16.7 Å². The summed E-state index contributed by atoms with van der Waals surface area (Å²) in [5.41, 5.74) is 0.808. The lowest BCUT2D eigenvalue weighted by Gasteiger charge is -2.05. The number of imidazole rings is 1. The third kappa shape index (κ3) is 1.48. The summed E-state index contributed by atoms with van der Waals surface area (Å²) in [4.78, 5) is 14.5. The maximum atomic E-state index is 13.3. The second-order valence-corrected chi connectivity index (χ2v) is 3.92. The van der Waals surface area contributed by atoms with Crippen molar-refractivity contribution in [2.45, 2.75) is 0 Å². The minimum absolute atomic E-state index is 0.0373. The first-order valence-corrected chi connectivity index (χ1v) is 5.35. The maximum absolute atomic E-state index is 13.3. The highest BCUT2D eigenvalue weighted by atomic mass is 19.1. The summed E-state index contributed by atoms with van der Waals surface area (Å²) in [7, 11) is 0. The van der Waals surface area contributed by atoms with Crippen LogP contribution in [0.15, 0.2) is 47.3 Å². The van der Waals surface area contributed by atoms with Crippen LogP contribution in [0.4, 0.5) is 4.39 Å². The number of aromatic hydroxyl groups is 1. The van der Waals surface area contributed by atoms with Gasteiger partial charge in [-0.15, -0.1) is 0 Å². The number of phenols is 1. The first-order valence-electron chi connectivity index (χ1n) is 5.35. The topological polar surface area (TPSA) is 58.0 Å². The number of nitrogens with zero attached hydrogens (tertiary/aromatic N) is 1. The number of rotatable bonds is 1. The van der Waals surface area contributed by atoms with Crippen LogP contribution in [0.25, 0.3) is 16.7 Å². The Morgan fingerprint density at radius 3 is 2.72 bits per heavy atom. The zero-order valence-electron chi connectivity index (χ0n) is 9.22. The van der Waals surface area contributed by atoms with Crippen molar-refractivity contribution in [3.05, 3.63) is 58.8 Å². The average Bonchev–Trinajstić information content (AvgIpc) is 2.66. The Morgan fingerprint density at radius 2 is 1.94 bits per heavy atom. The molecule has 2 N–H and O–H groups in total. The van der Waals surface area contributed by atoms with Crippen molar-refractivity contribution < 1.29 is 9.50 Å². The van der Waals surface area contributed by atoms with E-state index < -0.39 is 11.5 Å². The van der Waals surface area contributed by atoms with Gasteiger partial charge < -0.3 is 10.1 Å². The molecule has 0 amide bonds. The molecule has 5 heteroatoms. The molecule has 0 unspecified atom stereocenters. The summed E-state index contributed by atoms with van der Waals surface area (Å²) in [6, 6.07) is 10.4. The molecule has 0 radical (unpaired) electrons. The van der Waals surface area contributed by atoms with Gasteiger partial charge in [-0.1, -0.05) is 12.1 Å². The van der Waals surface area contributed by atoms with E-state index in [0.29, 0.717) is 16.7 Å². The molecule has 1 aromatic heterocycles. The van der Waals surface area contributed by atoms with E-state index in [1.807, 2.05) is 0 Å². The van der Waals surface area contributed by atoms with Crippen LogP contribution in [0.1, 0.15) is 0 Å². The molecular formula is C13H9FN2O2. The molecule has 3 aromatic rings. The van der Waals surface area contributed by atoms with Crippen molar-refractivity contribution in [1.29, 1.82) is 0 Å². The van der Waals surface area contributed by atoms with Gasteiger partial charge in [-0.05, 0) is 24.3 Å². The molecule has 0 atom stereocenters. The molecule has 0 saturated carbocycles. The Labute approximate surface area is 101 Å². The lowest BCUT2D eigenvalue weighted by Crippen LogP contribution is -2.14. The summed E-state index contributed by atoms with van der Waals surface area (Å²) in [5.74, 6) is -0.476. The summed E-state index contributed by atoms with van der Waals surface area (Å²) in [6.07, 6.45) is 0. The number of hydrogen-bond acceptors (Lipinski definition) is 2. The Morgan fingerprint density at radius 1 is 1.17 bits per heavy atom. The number of phenolic OH excluding ortho intramolecular Hbond substituents is 1. The van der Waals surface area contributed by atoms with Gasteiger partial charge in [0.2, 0.25) is 0 Å². The maximum Gasteiger partial charge on any atom is 0.331 e. The highest BCUT2D eigenvalue weighted by Crippen LogP contribution is 2.23. The number of para-hydroxylation sites is 2. The Hall–Kier alpha value is -2.56. The van der Waals surface area contributed by atoms with Crippen molar-refractivity contribution in [2.24, 2.45) is 0 Å². The van der Waals surface area contributed by atoms with Crippen molar-refractivity contribution >= 4 is 11.0 Å². The normalized spacial score (nSPS) is 10.9. The van der Waals surface area contributed by atoms with Gasteiger partial charge in [0.25, 0.3) is 0 Å². The Kier molecular flexibility index (Phi) is 2.19. The predicted octanol–water partition coefficient (Wildman–Crippen LogP) is 2.16. The number of nitrogens with one attached hydrogen (secondary N) is 1. The van der Waals surface area contributed by atoms with Crippen LogP contribution < -0.4 is 5.69 Å². The van der Waals surface area contributed by atoms with Crippen LogP contribution in [0.3, 0.4) is 0 Å². The fourth-order valence-electron chi connectivity index (χ4n) is 1.97. The van der Waals surface area contributed by atoms with Crippen molar-refractivity contribution in [1.82, 2.24) is 9.55 Å². The van der Waals surface area contributed by atoms with Crippen molar-refractivity contribution in [3.63, 3.8) is 0 Å². The molecule has 0 fully saturated rings. The van der Waals surface area contributed by atoms with Gasteiger partial charge in [0.1, 0.15) is 11.6 Å². The molecule has 2 aromatic carbocycles. The van der Waals surface area contributed by atoms with Crippen LogP contribution in [0.2, 0.25) is 0 Å². The molecule has 0 aliphatic heterocycles. The Bertz CT molecular complexity index is 789. The highest BCUT2D eigenvalue weighted by Gasteiger charge is 2.11. The fraction of sp³-hybridized carbons (Fsp3) is 0. The van der Waals surface area contributed by atoms with E-state index in [4.69, 9.17) is 0 Å². The summed E-state index contributed by atoms with van der Waals surface area (Å²) in [5, 5.41) is 9.77. The van der Waals surface area contributed by atoms with Gasteiger partial charge >= 0.3 is 5.69 Å². The van der Waals surface area contributed by atoms with Crippen LogP contribution >= 0.6 is 0 Å². The lowest BCUT2D eigenvalue weighted by atomic mass is 10.2. The number of benzene rings is 2. The van der Waals surface area contributed by atoms with E-state index in [1.165, 1.54) is 28.8 Å². The summed E-state index contributed by atoms with van der Waals surface area (Å²) >= 11 is 0. The van der Waals surface area contributed by atoms with E-state index in [-0.39, 0.29) is 5.75 Å². The first-order chi connectivity index (χ1) is 8.66. The predicted molar refractivity (Wildman–Crippen MR) is 65.5 cm³/mol. The molecule has 0 aliphatic rings. The molecule has 90 valence electrons. The molecule has 0 spiro atoms. The Balaban J connectivity index is 2.42. The van der Waals surface area contributed by atoms with Crippen LogP contribution in [0.5, 0.6) is 5.75 Å². The smallest absolute Gasteiger partial charge is 0.331 e. The third-order valence-corrected chi connectivity index (χ3v) is 2.77. The van der Waals surface area contributed by atoms with E-state index in [9.17, 15) is 14.3 Å². The first kappa shape index (κ1) is 10.6. The summed E-state index contributed by atoms with van der Waals surface area (Å²) < 4.78 is 14.5. The zero-order valence-corrected chi connectivity index (χ0v) is 9.22. The molecule has 4 nitrogen and oxygen atoms in total. The SMILES string of the molecule is O=c1[nH]c2ccc(F)cc2n1-c1ccccc1O. The standard InChI is InChI=1S/C13H9FN2O2/c14-8-5-6-9-11(7-8)16(13(18)15-9)10-3-1-2-4-12(10)17/h1-7,17H,(H,15,18). The fourth-order valence-corrected chi connectivity index (χ4v) is 1.97. The van der Waals surface area contributed by atoms with Crippen LogP contribution in [-0.2, 0) is 0 Å². The number of H-pyrrole nitrogens is 1. The average molecular weight is 244 g/mol. The van der Waals surface area contributed by atoms with E-state index in [0.717, 1.165) is 0 Å². The second kappa shape index (κ2) is 3.73. The number of hydrogen-bond donors (Lipinski definition) is 2. The van der Waals surface area contributed by atoms with Gasteiger partial charge in [-0.2, -0.15) is 0 Å². The van der Waals surface area contributed by atoms with Gasteiger partial charge in [-0.3, -0.25) is 4.57 Å². The minimum atomic E-state index is -0.439. The number of aromatic amines is 1. The molecular weight excluding hydrogens is 235 g/mol. The van der Waals surface area contributed by atoms with Gasteiger partial charge in [0.15, 0.2) is 0 Å². The monoisotopic (exact) mass is 244 g/mol. The quantitative estimate of drug-likeness (QED) is 0.689. The summed E-state index contributed by atoms with van der Waals surface area (Å²) in [6.45, 7) is 0. The zero-order chi connectivity index (χ0) is 12.7. The third-order valence-electron chi connectivity index (χ3n) is 2.77. The van der Waals surface area contributed by atoms with E-state index >= 15 is 0 Å². The molecule has 1 heterocycles. The number of halogens is 1. The minimum Gasteiger partial charge on any atom is -0.506 e. The largest absolute Gasteiger partial charge is 0.506 e. The van der Waals surface area contributed by atoms with Gasteiger partial charge in [0, 0.05) is 6.07 Å². The lowest BCUT2D eigenvalue weighted by molar-refractivity contribution is 0.472. The molecule has 0 saturated heterocycles. The number of fused-ring (bicyclic) bond motifs is 1. The number of aromatic nitrogens is 2. The molecule has 0 aliphatic carbocycles. The van der Waals surface area contributed by atoms with E-state index in [1.54, 1.807) is 18.2 Å². The van der Waals surface area contributed by atoms with E-state index in [2.05, 4.69) is 4.98 Å².